The minimum absolute atomic E-state index is 0.0884. The zero-order valence-electron chi connectivity index (χ0n) is 13.9. The molecule has 1 aliphatic rings. The number of para-hydroxylation sites is 1. The number of nitrogens with one attached hydrogen (secondary N) is 2. The van der Waals surface area contributed by atoms with E-state index >= 15 is 0 Å². The average molecular weight is 337 g/mol. The quantitative estimate of drug-likeness (QED) is 0.893. The van der Waals surface area contributed by atoms with Crippen molar-refractivity contribution in [2.45, 2.75) is 19.0 Å². The number of carbonyl (C=O) groups is 3. The maximum Gasteiger partial charge on any atom is 0.254 e. The zero-order chi connectivity index (χ0) is 17.8. The van der Waals surface area contributed by atoms with Crippen LogP contribution in [-0.4, -0.2) is 35.7 Å². The van der Waals surface area contributed by atoms with Gasteiger partial charge in [0, 0.05) is 13.6 Å². The van der Waals surface area contributed by atoms with E-state index in [0.29, 0.717) is 17.8 Å². The fourth-order valence-electron chi connectivity index (χ4n) is 2.73. The first-order valence-electron chi connectivity index (χ1n) is 8.03. The molecule has 6 nitrogen and oxygen atoms in total. The van der Waals surface area contributed by atoms with Crippen molar-refractivity contribution in [3.05, 3.63) is 65.7 Å². The Morgan fingerprint density at radius 1 is 1.04 bits per heavy atom. The third-order valence-electron chi connectivity index (χ3n) is 4.12. The third-order valence-corrected chi connectivity index (χ3v) is 4.12. The van der Waals surface area contributed by atoms with Crippen LogP contribution in [0.4, 0.5) is 5.69 Å². The molecular formula is C19H19N3O3. The van der Waals surface area contributed by atoms with Gasteiger partial charge >= 0.3 is 0 Å². The van der Waals surface area contributed by atoms with E-state index in [-0.39, 0.29) is 24.1 Å². The van der Waals surface area contributed by atoms with Gasteiger partial charge in [-0.3, -0.25) is 14.4 Å². The highest BCUT2D eigenvalue weighted by Gasteiger charge is 2.30. The number of anilines is 1. The lowest BCUT2D eigenvalue weighted by Crippen LogP contribution is -2.44. The van der Waals surface area contributed by atoms with E-state index in [9.17, 15) is 14.4 Å². The van der Waals surface area contributed by atoms with E-state index in [0.717, 1.165) is 5.56 Å². The molecule has 3 rings (SSSR count). The Kier molecular flexibility index (Phi) is 4.79. The van der Waals surface area contributed by atoms with Crippen molar-refractivity contribution in [2.24, 2.45) is 0 Å². The van der Waals surface area contributed by atoms with Crippen LogP contribution in [0.3, 0.4) is 0 Å². The number of benzene rings is 2. The maximum absolute atomic E-state index is 12.4. The van der Waals surface area contributed by atoms with Crippen LogP contribution < -0.4 is 10.6 Å². The van der Waals surface area contributed by atoms with Gasteiger partial charge in [0.05, 0.1) is 17.7 Å². The SMILES string of the molecule is CN(Cc1ccccc1)C(=O)C[C@@H]1NC(=O)c2ccccc2NC1=O. The largest absolute Gasteiger partial charge is 0.341 e. The molecule has 2 aromatic rings. The van der Waals surface area contributed by atoms with Crippen LogP contribution in [-0.2, 0) is 16.1 Å². The lowest BCUT2D eigenvalue weighted by Gasteiger charge is -2.20. The Bertz CT molecular complexity index is 805. The molecule has 0 bridgehead atoms. The van der Waals surface area contributed by atoms with E-state index < -0.39 is 6.04 Å². The molecule has 0 spiro atoms. The van der Waals surface area contributed by atoms with E-state index in [1.165, 1.54) is 0 Å². The van der Waals surface area contributed by atoms with E-state index in [1.807, 2.05) is 30.3 Å². The fourth-order valence-corrected chi connectivity index (χ4v) is 2.73. The summed E-state index contributed by atoms with van der Waals surface area (Å²) in [7, 11) is 1.68. The molecule has 2 N–H and O–H groups in total. The van der Waals surface area contributed by atoms with Crippen molar-refractivity contribution in [1.29, 1.82) is 0 Å². The lowest BCUT2D eigenvalue weighted by molar-refractivity contribution is -0.133. The molecule has 0 unspecified atom stereocenters. The summed E-state index contributed by atoms with van der Waals surface area (Å²) in [5.74, 6) is -0.965. The third kappa shape index (κ3) is 3.85. The highest BCUT2D eigenvalue weighted by atomic mass is 16.2. The van der Waals surface area contributed by atoms with Crippen molar-refractivity contribution >= 4 is 23.4 Å². The first-order chi connectivity index (χ1) is 12.0. The van der Waals surface area contributed by atoms with Crippen LogP contribution in [0.2, 0.25) is 0 Å². The van der Waals surface area contributed by atoms with Crippen LogP contribution in [0.25, 0.3) is 0 Å². The molecule has 0 aromatic heterocycles. The summed E-state index contributed by atoms with van der Waals surface area (Å²) in [6.07, 6.45) is -0.0884. The Hall–Kier alpha value is -3.15. The van der Waals surface area contributed by atoms with Gasteiger partial charge in [-0.05, 0) is 17.7 Å². The van der Waals surface area contributed by atoms with Gasteiger partial charge < -0.3 is 15.5 Å². The number of amides is 3. The second-order valence-electron chi connectivity index (χ2n) is 6.00. The molecule has 128 valence electrons. The summed E-state index contributed by atoms with van der Waals surface area (Å²) in [4.78, 5) is 38.6. The van der Waals surface area contributed by atoms with E-state index in [4.69, 9.17) is 0 Å². The standard InChI is InChI=1S/C19H19N3O3/c1-22(12-13-7-3-2-4-8-13)17(23)11-16-19(25)20-15-10-6-5-9-14(15)18(24)21-16/h2-10,16H,11-12H2,1H3,(H,20,25)(H,21,24)/t16-/m0/s1. The van der Waals surface area contributed by atoms with Gasteiger partial charge in [0.25, 0.3) is 5.91 Å². The molecule has 0 radical (unpaired) electrons. The summed E-state index contributed by atoms with van der Waals surface area (Å²) in [5, 5.41) is 5.34. The van der Waals surface area contributed by atoms with Crippen LogP contribution >= 0.6 is 0 Å². The Balaban J connectivity index is 1.67. The molecule has 6 heteroatoms. The smallest absolute Gasteiger partial charge is 0.254 e. The lowest BCUT2D eigenvalue weighted by atomic mass is 10.1. The number of hydrogen-bond donors (Lipinski definition) is 2. The molecule has 3 amide bonds. The summed E-state index contributed by atoms with van der Waals surface area (Å²) in [6, 6.07) is 15.5. The Labute approximate surface area is 145 Å². The van der Waals surface area contributed by atoms with Gasteiger partial charge in [0.2, 0.25) is 11.8 Å². The van der Waals surface area contributed by atoms with Gasteiger partial charge in [-0.15, -0.1) is 0 Å². The fraction of sp³-hybridized carbons (Fsp3) is 0.211. The summed E-state index contributed by atoms with van der Waals surface area (Å²) < 4.78 is 0. The first kappa shape index (κ1) is 16.7. The summed E-state index contributed by atoms with van der Waals surface area (Å²) in [5.41, 5.74) is 1.85. The molecule has 1 atom stereocenters. The van der Waals surface area contributed by atoms with Crippen LogP contribution in [0.5, 0.6) is 0 Å². The number of hydrogen-bond acceptors (Lipinski definition) is 3. The van der Waals surface area contributed by atoms with Crippen molar-refractivity contribution in [3.63, 3.8) is 0 Å². The highest BCUT2D eigenvalue weighted by Crippen LogP contribution is 2.19. The van der Waals surface area contributed by atoms with Crippen LogP contribution in [0.1, 0.15) is 22.3 Å². The van der Waals surface area contributed by atoms with E-state index in [2.05, 4.69) is 10.6 Å². The monoisotopic (exact) mass is 337 g/mol. The second kappa shape index (κ2) is 7.17. The molecular weight excluding hydrogens is 318 g/mol. The maximum atomic E-state index is 12.4. The Morgan fingerprint density at radius 2 is 1.72 bits per heavy atom. The number of fused-ring (bicyclic) bond motifs is 1. The molecule has 0 aliphatic carbocycles. The first-order valence-corrected chi connectivity index (χ1v) is 8.03. The van der Waals surface area contributed by atoms with Crippen molar-refractivity contribution < 1.29 is 14.4 Å². The summed E-state index contributed by atoms with van der Waals surface area (Å²) in [6.45, 7) is 0.447. The molecule has 2 aromatic carbocycles. The predicted octanol–water partition coefficient (Wildman–Crippen LogP) is 1.79. The van der Waals surface area contributed by atoms with E-state index in [1.54, 1.807) is 36.2 Å². The van der Waals surface area contributed by atoms with Crippen molar-refractivity contribution in [3.8, 4) is 0 Å². The summed E-state index contributed by atoms with van der Waals surface area (Å²) >= 11 is 0. The molecule has 0 saturated carbocycles. The van der Waals surface area contributed by atoms with Gasteiger partial charge in [-0.25, -0.2) is 0 Å². The normalized spacial score (nSPS) is 16.3. The molecule has 1 heterocycles. The predicted molar refractivity (Wildman–Crippen MR) is 93.9 cm³/mol. The minimum Gasteiger partial charge on any atom is -0.341 e. The van der Waals surface area contributed by atoms with Gasteiger partial charge in [-0.1, -0.05) is 42.5 Å². The molecule has 0 saturated heterocycles. The van der Waals surface area contributed by atoms with Crippen molar-refractivity contribution in [2.75, 3.05) is 12.4 Å². The molecule has 1 aliphatic heterocycles. The average Bonchev–Trinajstić information content (AvgIpc) is 2.73. The zero-order valence-corrected chi connectivity index (χ0v) is 13.9. The minimum atomic E-state index is -0.898. The van der Waals surface area contributed by atoms with Gasteiger partial charge in [0.15, 0.2) is 0 Å². The number of rotatable bonds is 4. The number of carbonyl (C=O) groups excluding carboxylic acids is 3. The molecule has 0 fully saturated rings. The topological polar surface area (TPSA) is 78.5 Å². The van der Waals surface area contributed by atoms with Crippen LogP contribution in [0.15, 0.2) is 54.6 Å². The van der Waals surface area contributed by atoms with Gasteiger partial charge in [-0.2, -0.15) is 0 Å². The van der Waals surface area contributed by atoms with Crippen LogP contribution in [0, 0.1) is 0 Å². The highest BCUT2D eigenvalue weighted by molar-refractivity contribution is 6.10. The second-order valence-corrected chi connectivity index (χ2v) is 6.00. The molecule has 25 heavy (non-hydrogen) atoms. The van der Waals surface area contributed by atoms with Gasteiger partial charge in [0.1, 0.15) is 6.04 Å². The Morgan fingerprint density at radius 3 is 2.48 bits per heavy atom. The van der Waals surface area contributed by atoms with Crippen molar-refractivity contribution in [1.82, 2.24) is 10.2 Å². The number of nitrogens with zero attached hydrogens (tertiary/aromatic N) is 1.